The van der Waals surface area contributed by atoms with Crippen LogP contribution in [0.4, 0.5) is 5.69 Å². The van der Waals surface area contributed by atoms with E-state index in [1.165, 1.54) is 20.3 Å². The molecule has 1 heterocycles. The van der Waals surface area contributed by atoms with Crippen LogP contribution in [0.1, 0.15) is 17.3 Å². The molecular formula is C12H20N4O3S. The van der Waals surface area contributed by atoms with Crippen molar-refractivity contribution in [1.29, 1.82) is 0 Å². The van der Waals surface area contributed by atoms with Gasteiger partial charge in [0.1, 0.15) is 0 Å². The van der Waals surface area contributed by atoms with Gasteiger partial charge in [0.2, 0.25) is 10.0 Å². The van der Waals surface area contributed by atoms with Crippen LogP contribution in [0.2, 0.25) is 0 Å². The molecule has 0 aliphatic carbocycles. The van der Waals surface area contributed by atoms with Crippen molar-refractivity contribution >= 4 is 21.6 Å². The first-order valence-corrected chi connectivity index (χ1v) is 7.85. The van der Waals surface area contributed by atoms with E-state index >= 15 is 0 Å². The Hall–Kier alpha value is -1.67. The summed E-state index contributed by atoms with van der Waals surface area (Å²) >= 11 is 0. The van der Waals surface area contributed by atoms with Gasteiger partial charge < -0.3 is 10.6 Å². The van der Waals surface area contributed by atoms with Gasteiger partial charge in [0.25, 0.3) is 5.91 Å². The summed E-state index contributed by atoms with van der Waals surface area (Å²) in [7, 11) is -0.383. The average molecular weight is 300 g/mol. The Morgan fingerprint density at radius 3 is 2.70 bits per heavy atom. The lowest BCUT2D eigenvalue weighted by Gasteiger charge is -2.13. The summed E-state index contributed by atoms with van der Waals surface area (Å²) in [6.07, 6.45) is 3.08. The summed E-state index contributed by atoms with van der Waals surface area (Å²) < 4.78 is 24.3. The van der Waals surface area contributed by atoms with Crippen molar-refractivity contribution in [2.45, 2.75) is 6.92 Å². The zero-order valence-corrected chi connectivity index (χ0v) is 12.7. The third kappa shape index (κ3) is 4.46. The van der Waals surface area contributed by atoms with Crippen LogP contribution in [0.5, 0.6) is 0 Å². The van der Waals surface area contributed by atoms with Crippen LogP contribution < -0.4 is 10.6 Å². The molecule has 0 aliphatic rings. The first-order valence-electron chi connectivity index (χ1n) is 6.24. The van der Waals surface area contributed by atoms with Crippen LogP contribution in [-0.4, -0.2) is 56.6 Å². The second-order valence-electron chi connectivity index (χ2n) is 4.31. The third-order valence-corrected chi connectivity index (χ3v) is 4.47. The molecule has 0 unspecified atom stereocenters. The van der Waals surface area contributed by atoms with Gasteiger partial charge in [0.15, 0.2) is 0 Å². The number of amides is 1. The molecule has 0 atom stereocenters. The van der Waals surface area contributed by atoms with E-state index in [-0.39, 0.29) is 18.2 Å². The second-order valence-corrected chi connectivity index (χ2v) is 6.61. The Balaban J connectivity index is 2.64. The Morgan fingerprint density at radius 1 is 1.40 bits per heavy atom. The van der Waals surface area contributed by atoms with Crippen molar-refractivity contribution in [3.8, 4) is 0 Å². The molecule has 1 amide bonds. The van der Waals surface area contributed by atoms with Crippen LogP contribution in [0.3, 0.4) is 0 Å². The van der Waals surface area contributed by atoms with Crippen molar-refractivity contribution in [3.63, 3.8) is 0 Å². The van der Waals surface area contributed by atoms with Crippen LogP contribution in [0.25, 0.3) is 0 Å². The summed E-state index contributed by atoms with van der Waals surface area (Å²) in [6, 6.07) is 1.59. The van der Waals surface area contributed by atoms with Gasteiger partial charge in [-0.3, -0.25) is 9.78 Å². The summed E-state index contributed by atoms with van der Waals surface area (Å²) in [5.41, 5.74) is 1.08. The normalized spacial score (nSPS) is 11.4. The Labute approximate surface area is 119 Å². The minimum absolute atomic E-state index is 0.0627. The Bertz CT molecular complexity index is 558. The maximum atomic E-state index is 12.0. The second kappa shape index (κ2) is 7.20. The van der Waals surface area contributed by atoms with Crippen molar-refractivity contribution in [2.75, 3.05) is 38.3 Å². The number of aromatic nitrogens is 1. The largest absolute Gasteiger partial charge is 0.383 e. The fourth-order valence-electron chi connectivity index (χ4n) is 1.50. The van der Waals surface area contributed by atoms with E-state index < -0.39 is 10.0 Å². The summed E-state index contributed by atoms with van der Waals surface area (Å²) in [6.45, 7) is 2.65. The lowest BCUT2D eigenvalue weighted by molar-refractivity contribution is 0.0956. The fraction of sp³-hybridized carbons (Fsp3) is 0.500. The standard InChI is InChI=1S/C12H20N4O3S/c1-4-14-11-9-13-6-5-10(11)12(17)15-7-8-20(18,19)16(2)3/h5-6,9,14H,4,7-8H2,1-3H3,(H,15,17). The van der Waals surface area contributed by atoms with Crippen LogP contribution in [0, 0.1) is 0 Å². The Morgan fingerprint density at radius 2 is 2.10 bits per heavy atom. The predicted octanol–water partition coefficient (Wildman–Crippen LogP) is 0.135. The maximum absolute atomic E-state index is 12.0. The molecule has 112 valence electrons. The van der Waals surface area contributed by atoms with E-state index in [0.717, 1.165) is 4.31 Å². The van der Waals surface area contributed by atoms with Gasteiger partial charge in [-0.2, -0.15) is 0 Å². The molecule has 20 heavy (non-hydrogen) atoms. The number of carbonyl (C=O) groups excluding carboxylic acids is 1. The summed E-state index contributed by atoms with van der Waals surface area (Å²) in [4.78, 5) is 16.0. The van der Waals surface area contributed by atoms with E-state index in [9.17, 15) is 13.2 Å². The predicted molar refractivity (Wildman–Crippen MR) is 78.2 cm³/mol. The van der Waals surface area contributed by atoms with Gasteiger partial charge in [-0.05, 0) is 13.0 Å². The molecule has 0 aliphatic heterocycles. The molecule has 7 nitrogen and oxygen atoms in total. The van der Waals surface area contributed by atoms with Crippen LogP contribution in [0.15, 0.2) is 18.5 Å². The highest BCUT2D eigenvalue weighted by molar-refractivity contribution is 7.89. The molecule has 0 radical (unpaired) electrons. The number of nitrogens with zero attached hydrogens (tertiary/aromatic N) is 2. The number of sulfonamides is 1. The monoisotopic (exact) mass is 300 g/mol. The van der Waals surface area contributed by atoms with Crippen molar-refractivity contribution < 1.29 is 13.2 Å². The van der Waals surface area contributed by atoms with E-state index in [0.29, 0.717) is 17.8 Å². The molecular weight excluding hydrogens is 280 g/mol. The topological polar surface area (TPSA) is 91.4 Å². The quantitative estimate of drug-likeness (QED) is 0.747. The Kier molecular flexibility index (Phi) is 5.90. The van der Waals surface area contributed by atoms with Gasteiger partial charge in [-0.1, -0.05) is 0 Å². The molecule has 0 spiro atoms. The molecule has 0 aromatic carbocycles. The maximum Gasteiger partial charge on any atom is 0.253 e. The summed E-state index contributed by atoms with van der Waals surface area (Å²) in [5.74, 6) is -0.454. The van der Waals surface area contributed by atoms with Crippen molar-refractivity contribution in [2.24, 2.45) is 0 Å². The van der Waals surface area contributed by atoms with E-state index in [1.54, 1.807) is 12.3 Å². The minimum Gasteiger partial charge on any atom is -0.383 e. The van der Waals surface area contributed by atoms with Gasteiger partial charge in [-0.15, -0.1) is 0 Å². The number of carbonyl (C=O) groups is 1. The van der Waals surface area contributed by atoms with Crippen molar-refractivity contribution in [1.82, 2.24) is 14.6 Å². The van der Waals surface area contributed by atoms with E-state index in [1.807, 2.05) is 6.92 Å². The van der Waals surface area contributed by atoms with Crippen molar-refractivity contribution in [3.05, 3.63) is 24.0 Å². The number of hydrogen-bond acceptors (Lipinski definition) is 5. The highest BCUT2D eigenvalue weighted by Gasteiger charge is 2.15. The number of hydrogen-bond donors (Lipinski definition) is 2. The zero-order chi connectivity index (χ0) is 15.2. The molecule has 1 aromatic heterocycles. The number of pyridine rings is 1. The molecule has 2 N–H and O–H groups in total. The molecule has 0 fully saturated rings. The average Bonchev–Trinajstić information content (AvgIpc) is 2.39. The number of rotatable bonds is 7. The van der Waals surface area contributed by atoms with Gasteiger partial charge >= 0.3 is 0 Å². The number of anilines is 1. The van der Waals surface area contributed by atoms with Crippen LogP contribution >= 0.6 is 0 Å². The van der Waals surface area contributed by atoms with E-state index in [2.05, 4.69) is 15.6 Å². The minimum atomic E-state index is -3.31. The zero-order valence-electron chi connectivity index (χ0n) is 11.9. The first kappa shape index (κ1) is 16.4. The lowest BCUT2D eigenvalue weighted by Crippen LogP contribution is -2.34. The highest BCUT2D eigenvalue weighted by atomic mass is 32.2. The van der Waals surface area contributed by atoms with Gasteiger partial charge in [-0.25, -0.2) is 12.7 Å². The third-order valence-electron chi connectivity index (χ3n) is 2.63. The van der Waals surface area contributed by atoms with Crippen LogP contribution in [-0.2, 0) is 10.0 Å². The van der Waals surface area contributed by atoms with Gasteiger partial charge in [0, 0.05) is 33.4 Å². The molecule has 1 rings (SSSR count). The molecule has 0 saturated carbocycles. The molecule has 8 heteroatoms. The SMILES string of the molecule is CCNc1cnccc1C(=O)NCCS(=O)(=O)N(C)C. The summed E-state index contributed by atoms with van der Waals surface area (Å²) in [5, 5.41) is 5.63. The molecule has 1 aromatic rings. The van der Waals surface area contributed by atoms with Gasteiger partial charge in [0.05, 0.1) is 23.2 Å². The highest BCUT2D eigenvalue weighted by Crippen LogP contribution is 2.12. The lowest BCUT2D eigenvalue weighted by atomic mass is 10.2. The molecule has 0 saturated heterocycles. The molecule has 0 bridgehead atoms. The fourth-order valence-corrected chi connectivity index (χ4v) is 2.22. The number of nitrogens with one attached hydrogen (secondary N) is 2. The van der Waals surface area contributed by atoms with E-state index in [4.69, 9.17) is 0 Å². The first-order chi connectivity index (χ1) is 9.38. The smallest absolute Gasteiger partial charge is 0.253 e.